The lowest BCUT2D eigenvalue weighted by Crippen LogP contribution is -2.50. The first kappa shape index (κ1) is 27.1. The number of benzene rings is 2. The number of hydrogen-bond acceptors (Lipinski definition) is 6. The Bertz CT molecular complexity index is 1380. The van der Waals surface area contributed by atoms with Gasteiger partial charge in [-0.15, -0.1) is 10.2 Å². The van der Waals surface area contributed by atoms with Crippen molar-refractivity contribution in [3.63, 3.8) is 0 Å². The minimum absolute atomic E-state index is 0.0901. The molecule has 4 aromatic rings. The van der Waals surface area contributed by atoms with E-state index in [1.807, 2.05) is 30.3 Å². The number of rotatable bonds is 10. The summed E-state index contributed by atoms with van der Waals surface area (Å²) in [5, 5.41) is 11.4. The summed E-state index contributed by atoms with van der Waals surface area (Å²) in [5.41, 5.74) is 5.75. The number of nitrogens with zero attached hydrogens (tertiary/aromatic N) is 3. The van der Waals surface area contributed by atoms with Gasteiger partial charge < -0.3 is 20.5 Å². The summed E-state index contributed by atoms with van der Waals surface area (Å²) < 4.78 is 52.5. The summed E-state index contributed by atoms with van der Waals surface area (Å²) in [6, 6.07) is 17.1. The minimum atomic E-state index is -4.45. The Morgan fingerprint density at radius 2 is 1.74 bits per heavy atom. The third-order valence-corrected chi connectivity index (χ3v) is 5.67. The number of ether oxygens (including phenoxy) is 2. The maximum atomic E-state index is 13.1. The molecule has 0 aliphatic carbocycles. The van der Waals surface area contributed by atoms with Crippen LogP contribution >= 0.6 is 0 Å². The highest BCUT2D eigenvalue weighted by molar-refractivity contribution is 5.85. The molecule has 2 aromatic heterocycles. The van der Waals surface area contributed by atoms with E-state index in [-0.39, 0.29) is 13.2 Å². The fraction of sp³-hybridized carbons (Fsp3) is 0.296. The van der Waals surface area contributed by atoms with E-state index < -0.39 is 29.2 Å². The smallest absolute Gasteiger partial charge is 0.416 e. The Morgan fingerprint density at radius 1 is 1.00 bits per heavy atom. The number of hydrogen-bond donors (Lipinski definition) is 2. The number of nitrogens with two attached hydrogens (primary N) is 1. The second-order valence-electron chi connectivity index (χ2n) is 9.36. The number of aromatic nitrogens is 3. The van der Waals surface area contributed by atoms with Gasteiger partial charge in [-0.25, -0.2) is 0 Å². The Balaban J connectivity index is 1.55. The van der Waals surface area contributed by atoms with Crippen LogP contribution in [-0.2, 0) is 28.9 Å². The largest absolute Gasteiger partial charge is 0.485 e. The van der Waals surface area contributed by atoms with Crippen LogP contribution < -0.4 is 15.8 Å². The summed E-state index contributed by atoms with van der Waals surface area (Å²) in [5.74, 6) is 0.299. The zero-order chi connectivity index (χ0) is 27.3. The standard InChI is InChI=1S/C27H28F3N5O3/c1-26(2,31)25(36)32-21(17-37-15-18-8-4-3-5-9-18)23-33-34-24-22(12-7-13-35(23)24)38-16-19-10-6-11-20(14-19)27(28,29)30/h3-14,21H,15-17,31H2,1-2H3,(H,32,36)/t21-/m1/s1. The van der Waals surface area contributed by atoms with Gasteiger partial charge in [-0.2, -0.15) is 13.2 Å². The number of carbonyl (C=O) groups excluding carboxylic acids is 1. The van der Waals surface area contributed by atoms with Crippen molar-refractivity contribution < 1.29 is 27.4 Å². The topological polar surface area (TPSA) is 104 Å². The summed E-state index contributed by atoms with van der Waals surface area (Å²) in [6.07, 6.45) is -2.75. The van der Waals surface area contributed by atoms with Gasteiger partial charge in [0.2, 0.25) is 11.6 Å². The van der Waals surface area contributed by atoms with Crippen LogP contribution in [0.3, 0.4) is 0 Å². The van der Waals surface area contributed by atoms with Gasteiger partial charge in [0, 0.05) is 6.20 Å². The lowest BCUT2D eigenvalue weighted by molar-refractivity contribution is -0.137. The Morgan fingerprint density at radius 3 is 2.45 bits per heavy atom. The highest BCUT2D eigenvalue weighted by atomic mass is 19.4. The molecule has 11 heteroatoms. The maximum absolute atomic E-state index is 13.1. The first-order valence-corrected chi connectivity index (χ1v) is 11.9. The molecular weight excluding hydrogens is 499 g/mol. The van der Waals surface area contributed by atoms with Gasteiger partial charge in [0.15, 0.2) is 11.6 Å². The summed E-state index contributed by atoms with van der Waals surface area (Å²) in [4.78, 5) is 12.7. The van der Waals surface area contributed by atoms with Gasteiger partial charge in [0.05, 0.1) is 24.3 Å². The third-order valence-electron chi connectivity index (χ3n) is 5.67. The fourth-order valence-corrected chi connectivity index (χ4v) is 3.65. The quantitative estimate of drug-likeness (QED) is 0.316. The minimum Gasteiger partial charge on any atom is -0.485 e. The van der Waals surface area contributed by atoms with Gasteiger partial charge >= 0.3 is 6.18 Å². The van der Waals surface area contributed by atoms with E-state index in [9.17, 15) is 18.0 Å². The Kier molecular flexibility index (Phi) is 7.98. The number of fused-ring (bicyclic) bond motifs is 1. The van der Waals surface area contributed by atoms with Crippen LogP contribution in [-0.4, -0.2) is 32.7 Å². The van der Waals surface area contributed by atoms with Crippen molar-refractivity contribution in [1.82, 2.24) is 19.9 Å². The monoisotopic (exact) mass is 527 g/mol. The molecule has 0 fully saturated rings. The molecule has 8 nitrogen and oxygen atoms in total. The molecule has 1 amide bonds. The van der Waals surface area contributed by atoms with E-state index in [4.69, 9.17) is 15.2 Å². The number of halogens is 3. The molecule has 3 N–H and O–H groups in total. The molecule has 0 saturated carbocycles. The SMILES string of the molecule is CC(C)(N)C(=O)N[C@H](COCc1ccccc1)c1nnc2c(OCc3cccc(C(F)(F)F)c3)cccn12. The van der Waals surface area contributed by atoms with Gasteiger partial charge in [-0.1, -0.05) is 42.5 Å². The summed E-state index contributed by atoms with van der Waals surface area (Å²) in [7, 11) is 0. The van der Waals surface area contributed by atoms with Crippen LogP contribution in [0.2, 0.25) is 0 Å². The van der Waals surface area contributed by atoms with E-state index >= 15 is 0 Å². The van der Waals surface area contributed by atoms with E-state index in [0.29, 0.717) is 29.4 Å². The third kappa shape index (κ3) is 6.67. The van der Waals surface area contributed by atoms with Crippen molar-refractivity contribution in [3.8, 4) is 5.75 Å². The van der Waals surface area contributed by atoms with Crippen molar-refractivity contribution >= 4 is 11.6 Å². The molecule has 4 rings (SSSR count). The lowest BCUT2D eigenvalue weighted by atomic mass is 10.1. The number of pyridine rings is 1. The summed E-state index contributed by atoms with van der Waals surface area (Å²) in [6.45, 7) is 3.49. The molecule has 2 heterocycles. The number of carbonyl (C=O) groups is 1. The number of amides is 1. The molecule has 1 atom stereocenters. The highest BCUT2D eigenvalue weighted by Gasteiger charge is 2.31. The van der Waals surface area contributed by atoms with E-state index in [1.54, 1.807) is 42.6 Å². The number of nitrogens with one attached hydrogen (secondary N) is 1. The van der Waals surface area contributed by atoms with Gasteiger partial charge in [0.1, 0.15) is 12.6 Å². The molecule has 0 aliphatic rings. The zero-order valence-corrected chi connectivity index (χ0v) is 20.9. The van der Waals surface area contributed by atoms with Crippen LogP contribution in [0.25, 0.3) is 5.65 Å². The van der Waals surface area contributed by atoms with E-state index in [2.05, 4.69) is 15.5 Å². The second-order valence-corrected chi connectivity index (χ2v) is 9.36. The number of alkyl halides is 3. The van der Waals surface area contributed by atoms with Crippen molar-refractivity contribution in [2.45, 2.75) is 44.8 Å². The van der Waals surface area contributed by atoms with Crippen molar-refractivity contribution in [2.75, 3.05) is 6.61 Å². The molecule has 0 radical (unpaired) electrons. The van der Waals surface area contributed by atoms with Crippen molar-refractivity contribution in [3.05, 3.63) is 95.4 Å². The lowest BCUT2D eigenvalue weighted by Gasteiger charge is -2.23. The van der Waals surface area contributed by atoms with Crippen LogP contribution in [0.1, 0.15) is 42.4 Å². The first-order valence-electron chi connectivity index (χ1n) is 11.9. The maximum Gasteiger partial charge on any atom is 0.416 e. The highest BCUT2D eigenvalue weighted by Crippen LogP contribution is 2.30. The average Bonchev–Trinajstić information content (AvgIpc) is 3.31. The summed E-state index contributed by atoms with van der Waals surface area (Å²) >= 11 is 0. The molecule has 38 heavy (non-hydrogen) atoms. The average molecular weight is 528 g/mol. The van der Waals surface area contributed by atoms with Crippen LogP contribution in [0.5, 0.6) is 5.75 Å². The molecular formula is C27H28F3N5O3. The van der Waals surface area contributed by atoms with Gasteiger partial charge in [0.25, 0.3) is 0 Å². The molecule has 0 saturated heterocycles. The molecule has 2 aromatic carbocycles. The first-order chi connectivity index (χ1) is 18.0. The van der Waals surface area contributed by atoms with Gasteiger partial charge in [-0.3, -0.25) is 9.20 Å². The molecule has 0 unspecified atom stereocenters. The fourth-order valence-electron chi connectivity index (χ4n) is 3.65. The predicted molar refractivity (Wildman–Crippen MR) is 134 cm³/mol. The molecule has 0 bridgehead atoms. The van der Waals surface area contributed by atoms with Crippen molar-refractivity contribution in [2.24, 2.45) is 5.73 Å². The molecule has 0 spiro atoms. The van der Waals surface area contributed by atoms with Gasteiger partial charge in [-0.05, 0) is 49.2 Å². The van der Waals surface area contributed by atoms with Crippen LogP contribution in [0.4, 0.5) is 13.2 Å². The van der Waals surface area contributed by atoms with Crippen LogP contribution in [0, 0.1) is 0 Å². The van der Waals surface area contributed by atoms with E-state index in [1.165, 1.54) is 6.07 Å². The van der Waals surface area contributed by atoms with E-state index in [0.717, 1.165) is 17.7 Å². The Labute approximate surface area is 217 Å². The van der Waals surface area contributed by atoms with Crippen LogP contribution in [0.15, 0.2) is 72.9 Å². The zero-order valence-electron chi connectivity index (χ0n) is 20.9. The predicted octanol–water partition coefficient (Wildman–Crippen LogP) is 4.44. The van der Waals surface area contributed by atoms with Crippen molar-refractivity contribution in [1.29, 1.82) is 0 Å². The Hall–Kier alpha value is -3.96. The molecule has 200 valence electrons. The normalized spacial score (nSPS) is 12.9. The second kappa shape index (κ2) is 11.2. The molecule has 0 aliphatic heterocycles.